The smallest absolute Gasteiger partial charge is 0.303 e. The summed E-state index contributed by atoms with van der Waals surface area (Å²) in [4.78, 5) is 10.2. The third-order valence-corrected chi connectivity index (χ3v) is 2.64. The van der Waals surface area contributed by atoms with E-state index in [2.05, 4.69) is 22.1 Å². The van der Waals surface area contributed by atoms with Crippen molar-refractivity contribution in [2.75, 3.05) is 6.54 Å². The molecule has 0 unspecified atom stereocenters. The Morgan fingerprint density at radius 1 is 1.50 bits per heavy atom. The number of unbranched alkanes of at least 4 members (excludes halogenated alkanes) is 1. The van der Waals surface area contributed by atoms with Gasteiger partial charge in [0.1, 0.15) is 0 Å². The Bertz CT molecular complexity index is 259. The zero-order valence-electron chi connectivity index (χ0n) is 8.03. The number of carbonyl (C=O) groups is 1. The van der Waals surface area contributed by atoms with Gasteiger partial charge < -0.3 is 10.4 Å². The first-order valence-corrected chi connectivity index (χ1v) is 5.67. The fourth-order valence-electron chi connectivity index (χ4n) is 1.15. The Kier molecular flexibility index (Phi) is 5.25. The molecule has 1 aromatic heterocycles. The van der Waals surface area contributed by atoms with Crippen LogP contribution in [-0.4, -0.2) is 17.6 Å². The predicted octanol–water partition coefficient (Wildman–Crippen LogP) is 2.09. The minimum atomic E-state index is -0.706. The number of nitrogens with one attached hydrogen (secondary N) is 1. The summed E-state index contributed by atoms with van der Waals surface area (Å²) in [5, 5.41) is 15.8. The molecule has 0 fully saturated rings. The average molecular weight is 213 g/mol. The first kappa shape index (κ1) is 11.2. The highest BCUT2D eigenvalue weighted by molar-refractivity contribution is 7.07. The number of hydrogen-bond acceptors (Lipinski definition) is 3. The SMILES string of the molecule is O=C(O)CCCCNCc1ccsc1. The summed E-state index contributed by atoms with van der Waals surface area (Å²) in [6, 6.07) is 2.09. The molecule has 0 saturated carbocycles. The van der Waals surface area contributed by atoms with Gasteiger partial charge in [0.05, 0.1) is 0 Å². The standard InChI is InChI=1S/C10H15NO2S/c12-10(13)3-1-2-5-11-7-9-4-6-14-8-9/h4,6,8,11H,1-3,5,7H2,(H,12,13). The van der Waals surface area contributed by atoms with Crippen LogP contribution in [0.5, 0.6) is 0 Å². The molecule has 2 N–H and O–H groups in total. The Balaban J connectivity index is 1.92. The Morgan fingerprint density at radius 2 is 2.36 bits per heavy atom. The molecular weight excluding hydrogens is 198 g/mol. The summed E-state index contributed by atoms with van der Waals surface area (Å²) in [5.41, 5.74) is 1.30. The van der Waals surface area contributed by atoms with Gasteiger partial charge in [0.2, 0.25) is 0 Å². The largest absolute Gasteiger partial charge is 0.481 e. The quantitative estimate of drug-likeness (QED) is 0.682. The maximum absolute atomic E-state index is 10.2. The number of thiophene rings is 1. The summed E-state index contributed by atoms with van der Waals surface area (Å²) < 4.78 is 0. The normalized spacial score (nSPS) is 10.3. The van der Waals surface area contributed by atoms with Crippen molar-refractivity contribution in [3.63, 3.8) is 0 Å². The van der Waals surface area contributed by atoms with Gasteiger partial charge in [0.25, 0.3) is 0 Å². The number of aliphatic carboxylic acids is 1. The molecule has 14 heavy (non-hydrogen) atoms. The number of carboxylic acids is 1. The molecule has 0 aromatic carbocycles. The van der Waals surface area contributed by atoms with E-state index in [9.17, 15) is 4.79 Å². The van der Waals surface area contributed by atoms with Crippen LogP contribution in [0.15, 0.2) is 16.8 Å². The van der Waals surface area contributed by atoms with Crippen LogP contribution >= 0.6 is 11.3 Å². The van der Waals surface area contributed by atoms with Gasteiger partial charge >= 0.3 is 5.97 Å². The molecule has 78 valence electrons. The maximum Gasteiger partial charge on any atom is 0.303 e. The van der Waals surface area contributed by atoms with Crippen molar-refractivity contribution in [2.45, 2.75) is 25.8 Å². The first-order chi connectivity index (χ1) is 6.79. The van der Waals surface area contributed by atoms with Crippen molar-refractivity contribution >= 4 is 17.3 Å². The van der Waals surface area contributed by atoms with E-state index in [4.69, 9.17) is 5.11 Å². The highest BCUT2D eigenvalue weighted by atomic mass is 32.1. The third-order valence-electron chi connectivity index (χ3n) is 1.90. The average Bonchev–Trinajstić information content (AvgIpc) is 2.63. The fraction of sp³-hybridized carbons (Fsp3) is 0.500. The molecule has 0 radical (unpaired) electrons. The highest BCUT2D eigenvalue weighted by Crippen LogP contribution is 2.04. The van der Waals surface area contributed by atoms with Crippen molar-refractivity contribution < 1.29 is 9.90 Å². The molecule has 0 amide bonds. The van der Waals surface area contributed by atoms with Gasteiger partial charge in [-0.15, -0.1) is 0 Å². The molecule has 0 bridgehead atoms. The lowest BCUT2D eigenvalue weighted by Crippen LogP contribution is -2.14. The molecular formula is C10H15NO2S. The van der Waals surface area contributed by atoms with Crippen molar-refractivity contribution in [1.29, 1.82) is 0 Å². The summed E-state index contributed by atoms with van der Waals surface area (Å²) >= 11 is 1.69. The van der Waals surface area contributed by atoms with E-state index in [1.165, 1.54) is 5.56 Å². The molecule has 1 heterocycles. The Hall–Kier alpha value is -0.870. The number of carboxylic acid groups (broad SMARTS) is 1. The Morgan fingerprint density at radius 3 is 3.00 bits per heavy atom. The molecule has 0 spiro atoms. The summed E-state index contributed by atoms with van der Waals surface area (Å²) in [5.74, 6) is -0.706. The van der Waals surface area contributed by atoms with E-state index in [1.807, 2.05) is 0 Å². The molecule has 0 aliphatic rings. The van der Waals surface area contributed by atoms with Crippen molar-refractivity contribution in [3.05, 3.63) is 22.4 Å². The minimum Gasteiger partial charge on any atom is -0.481 e. The fourth-order valence-corrected chi connectivity index (χ4v) is 1.82. The summed E-state index contributed by atoms with van der Waals surface area (Å²) in [6.45, 7) is 1.78. The van der Waals surface area contributed by atoms with Gasteiger partial charge in [-0.25, -0.2) is 0 Å². The van der Waals surface area contributed by atoms with E-state index >= 15 is 0 Å². The molecule has 0 aliphatic heterocycles. The zero-order chi connectivity index (χ0) is 10.2. The van der Waals surface area contributed by atoms with Crippen LogP contribution < -0.4 is 5.32 Å². The molecule has 0 aliphatic carbocycles. The number of rotatable bonds is 7. The van der Waals surface area contributed by atoms with E-state index in [0.717, 1.165) is 25.9 Å². The highest BCUT2D eigenvalue weighted by Gasteiger charge is 1.96. The summed E-state index contributed by atoms with van der Waals surface area (Å²) in [6.07, 6.45) is 1.96. The van der Waals surface area contributed by atoms with Gasteiger partial charge in [-0.05, 0) is 41.8 Å². The second-order valence-corrected chi connectivity index (χ2v) is 3.94. The molecule has 3 nitrogen and oxygen atoms in total. The molecule has 4 heteroatoms. The van der Waals surface area contributed by atoms with Crippen molar-refractivity contribution in [3.8, 4) is 0 Å². The van der Waals surface area contributed by atoms with Gasteiger partial charge in [-0.3, -0.25) is 4.79 Å². The van der Waals surface area contributed by atoms with Crippen LogP contribution in [0.2, 0.25) is 0 Å². The lowest BCUT2D eigenvalue weighted by molar-refractivity contribution is -0.137. The zero-order valence-corrected chi connectivity index (χ0v) is 8.85. The second-order valence-electron chi connectivity index (χ2n) is 3.16. The van der Waals surface area contributed by atoms with Crippen LogP contribution in [0.3, 0.4) is 0 Å². The minimum absolute atomic E-state index is 0.278. The number of hydrogen-bond donors (Lipinski definition) is 2. The third kappa shape index (κ3) is 4.99. The second kappa shape index (κ2) is 6.56. The van der Waals surface area contributed by atoms with Gasteiger partial charge in [-0.2, -0.15) is 11.3 Å². The van der Waals surface area contributed by atoms with E-state index < -0.39 is 5.97 Å². The lowest BCUT2D eigenvalue weighted by atomic mass is 10.2. The van der Waals surface area contributed by atoms with Crippen molar-refractivity contribution in [1.82, 2.24) is 5.32 Å². The van der Waals surface area contributed by atoms with Gasteiger partial charge in [0.15, 0.2) is 0 Å². The maximum atomic E-state index is 10.2. The topological polar surface area (TPSA) is 49.3 Å². The first-order valence-electron chi connectivity index (χ1n) is 4.72. The van der Waals surface area contributed by atoms with Crippen LogP contribution in [-0.2, 0) is 11.3 Å². The molecule has 0 saturated heterocycles. The van der Waals surface area contributed by atoms with Gasteiger partial charge in [0, 0.05) is 13.0 Å². The lowest BCUT2D eigenvalue weighted by Gasteiger charge is -2.01. The van der Waals surface area contributed by atoms with Gasteiger partial charge in [-0.1, -0.05) is 0 Å². The van der Waals surface area contributed by atoms with E-state index in [1.54, 1.807) is 11.3 Å². The molecule has 1 rings (SSSR count). The van der Waals surface area contributed by atoms with Crippen LogP contribution in [0.1, 0.15) is 24.8 Å². The summed E-state index contributed by atoms with van der Waals surface area (Å²) in [7, 11) is 0. The Labute approximate surface area is 87.8 Å². The van der Waals surface area contributed by atoms with Crippen molar-refractivity contribution in [2.24, 2.45) is 0 Å². The predicted molar refractivity (Wildman–Crippen MR) is 57.5 cm³/mol. The van der Waals surface area contributed by atoms with E-state index in [-0.39, 0.29) is 6.42 Å². The molecule has 1 aromatic rings. The molecule has 0 atom stereocenters. The monoisotopic (exact) mass is 213 g/mol. The van der Waals surface area contributed by atoms with Crippen LogP contribution in [0, 0.1) is 0 Å². The van der Waals surface area contributed by atoms with E-state index in [0.29, 0.717) is 0 Å². The van der Waals surface area contributed by atoms with Crippen LogP contribution in [0.4, 0.5) is 0 Å². The van der Waals surface area contributed by atoms with Crippen LogP contribution in [0.25, 0.3) is 0 Å².